The van der Waals surface area contributed by atoms with E-state index in [0.29, 0.717) is 12.2 Å². The van der Waals surface area contributed by atoms with Gasteiger partial charge in [0.15, 0.2) is 0 Å². The molecule has 2 aliphatic heterocycles. The van der Waals surface area contributed by atoms with Crippen molar-refractivity contribution >= 4 is 0 Å². The molecule has 0 spiro atoms. The first-order chi connectivity index (χ1) is 9.86. The number of ether oxygens (including phenoxy) is 3. The van der Waals surface area contributed by atoms with Crippen molar-refractivity contribution in [2.24, 2.45) is 0 Å². The molecule has 21 heavy (non-hydrogen) atoms. The lowest BCUT2D eigenvalue weighted by Crippen LogP contribution is -2.38. The van der Waals surface area contributed by atoms with Crippen LogP contribution in [-0.2, 0) is 14.2 Å². The second-order valence-electron chi connectivity index (χ2n) is 7.97. The highest BCUT2D eigenvalue weighted by Crippen LogP contribution is 2.31. The fourth-order valence-electron chi connectivity index (χ4n) is 3.61. The minimum atomic E-state index is -0.0774. The molecule has 3 nitrogen and oxygen atoms in total. The van der Waals surface area contributed by atoms with E-state index in [0.717, 1.165) is 38.9 Å². The molecule has 2 heterocycles. The molecule has 2 unspecified atom stereocenters. The van der Waals surface area contributed by atoms with E-state index in [1.165, 1.54) is 25.7 Å². The molecule has 2 saturated heterocycles. The largest absolute Gasteiger partial charge is 0.378 e. The lowest BCUT2D eigenvalue weighted by molar-refractivity contribution is -0.135. The highest BCUT2D eigenvalue weighted by atomic mass is 16.5. The Morgan fingerprint density at radius 1 is 0.810 bits per heavy atom. The average Bonchev–Trinajstić information content (AvgIpc) is 3.06. The highest BCUT2D eigenvalue weighted by molar-refractivity contribution is 4.81. The Bertz CT molecular complexity index is 270. The van der Waals surface area contributed by atoms with Crippen molar-refractivity contribution in [3.05, 3.63) is 0 Å². The van der Waals surface area contributed by atoms with Crippen LogP contribution in [0.15, 0.2) is 0 Å². The molecule has 0 saturated carbocycles. The number of hydrogen-bond acceptors (Lipinski definition) is 3. The zero-order valence-corrected chi connectivity index (χ0v) is 14.5. The molecule has 0 radical (unpaired) electrons. The van der Waals surface area contributed by atoms with Gasteiger partial charge in [-0.2, -0.15) is 0 Å². The molecular weight excluding hydrogens is 264 g/mol. The quantitative estimate of drug-likeness (QED) is 0.661. The van der Waals surface area contributed by atoms with Crippen LogP contribution < -0.4 is 0 Å². The molecule has 2 atom stereocenters. The molecule has 2 fully saturated rings. The topological polar surface area (TPSA) is 27.7 Å². The van der Waals surface area contributed by atoms with Crippen molar-refractivity contribution in [1.82, 2.24) is 0 Å². The fraction of sp³-hybridized carbons (Fsp3) is 1.00. The van der Waals surface area contributed by atoms with Crippen LogP contribution in [0.25, 0.3) is 0 Å². The molecule has 0 bridgehead atoms. The molecule has 2 rings (SSSR count). The van der Waals surface area contributed by atoms with Crippen molar-refractivity contribution < 1.29 is 14.2 Å². The minimum absolute atomic E-state index is 0.0774. The van der Waals surface area contributed by atoms with Gasteiger partial charge >= 0.3 is 0 Å². The van der Waals surface area contributed by atoms with Gasteiger partial charge in [0.2, 0.25) is 0 Å². The summed E-state index contributed by atoms with van der Waals surface area (Å²) in [6.45, 7) is 10.8. The van der Waals surface area contributed by atoms with E-state index in [2.05, 4.69) is 27.7 Å². The molecule has 0 aromatic rings. The molecule has 2 aliphatic rings. The van der Waals surface area contributed by atoms with Gasteiger partial charge in [-0.25, -0.2) is 0 Å². The number of rotatable bonds is 8. The van der Waals surface area contributed by atoms with Crippen LogP contribution >= 0.6 is 0 Å². The van der Waals surface area contributed by atoms with Gasteiger partial charge in [0.1, 0.15) is 0 Å². The maximum Gasteiger partial charge on any atom is 0.0634 e. The fourth-order valence-corrected chi connectivity index (χ4v) is 3.61. The van der Waals surface area contributed by atoms with Crippen molar-refractivity contribution in [2.45, 2.75) is 102 Å². The summed E-state index contributed by atoms with van der Waals surface area (Å²) in [5, 5.41) is 0. The summed E-state index contributed by atoms with van der Waals surface area (Å²) in [6, 6.07) is 0. The van der Waals surface area contributed by atoms with Crippen LogP contribution in [0.4, 0.5) is 0 Å². The first kappa shape index (κ1) is 17.2. The first-order valence-electron chi connectivity index (χ1n) is 8.80. The second-order valence-corrected chi connectivity index (χ2v) is 7.97. The molecular formula is C18H34O3. The van der Waals surface area contributed by atoms with E-state index < -0.39 is 0 Å². The second kappa shape index (κ2) is 7.43. The summed E-state index contributed by atoms with van der Waals surface area (Å²) >= 11 is 0. The minimum Gasteiger partial charge on any atom is -0.378 e. The van der Waals surface area contributed by atoms with E-state index in [4.69, 9.17) is 14.2 Å². The molecule has 0 aromatic heterocycles. The smallest absolute Gasteiger partial charge is 0.0634 e. The van der Waals surface area contributed by atoms with Gasteiger partial charge in [-0.05, 0) is 79.1 Å². The Balaban J connectivity index is 1.70. The Labute approximate surface area is 130 Å². The molecule has 0 amide bonds. The van der Waals surface area contributed by atoms with E-state index in [9.17, 15) is 0 Å². The first-order valence-corrected chi connectivity index (χ1v) is 8.80. The molecule has 124 valence electrons. The summed E-state index contributed by atoms with van der Waals surface area (Å²) < 4.78 is 17.9. The third-order valence-corrected chi connectivity index (χ3v) is 4.74. The van der Waals surface area contributed by atoms with E-state index in [1.807, 2.05) is 0 Å². The summed E-state index contributed by atoms with van der Waals surface area (Å²) in [5.74, 6) is 0. The van der Waals surface area contributed by atoms with Crippen LogP contribution in [-0.4, -0.2) is 36.6 Å². The molecule has 0 N–H and O–H groups in total. The number of hydrogen-bond donors (Lipinski definition) is 0. The van der Waals surface area contributed by atoms with Crippen molar-refractivity contribution in [3.8, 4) is 0 Å². The predicted octanol–water partition coefficient (Wildman–Crippen LogP) is 4.48. The zero-order chi connectivity index (χ0) is 15.3. The molecule has 0 aliphatic carbocycles. The van der Waals surface area contributed by atoms with Crippen molar-refractivity contribution in [2.75, 3.05) is 13.2 Å². The van der Waals surface area contributed by atoms with Gasteiger partial charge in [0.05, 0.1) is 23.4 Å². The third kappa shape index (κ3) is 6.25. The van der Waals surface area contributed by atoms with Crippen molar-refractivity contribution in [3.63, 3.8) is 0 Å². The molecule has 0 aromatic carbocycles. The van der Waals surface area contributed by atoms with Gasteiger partial charge in [-0.3, -0.25) is 0 Å². The van der Waals surface area contributed by atoms with Crippen LogP contribution in [0.3, 0.4) is 0 Å². The van der Waals surface area contributed by atoms with Crippen LogP contribution in [0, 0.1) is 0 Å². The van der Waals surface area contributed by atoms with Crippen LogP contribution in [0.2, 0.25) is 0 Å². The summed E-state index contributed by atoms with van der Waals surface area (Å²) in [4.78, 5) is 0. The average molecular weight is 298 g/mol. The van der Waals surface area contributed by atoms with Crippen molar-refractivity contribution in [1.29, 1.82) is 0 Å². The lowest BCUT2D eigenvalue weighted by atomic mass is 9.94. The van der Waals surface area contributed by atoms with E-state index in [1.54, 1.807) is 0 Å². The normalized spacial score (nSPS) is 27.4. The standard InChI is InChI=1S/C18H34O3/c1-17(2,11-9-15-7-5-13-19-15)21-18(3,4)12-10-16-8-6-14-20-16/h15-16H,5-14H2,1-4H3. The summed E-state index contributed by atoms with van der Waals surface area (Å²) in [7, 11) is 0. The van der Waals surface area contributed by atoms with Gasteiger partial charge in [-0.15, -0.1) is 0 Å². The van der Waals surface area contributed by atoms with E-state index in [-0.39, 0.29) is 11.2 Å². The van der Waals surface area contributed by atoms with Gasteiger partial charge in [-0.1, -0.05) is 0 Å². The van der Waals surface area contributed by atoms with Crippen LogP contribution in [0.5, 0.6) is 0 Å². The maximum absolute atomic E-state index is 6.43. The Morgan fingerprint density at radius 2 is 1.24 bits per heavy atom. The molecule has 3 heteroatoms. The lowest BCUT2D eigenvalue weighted by Gasteiger charge is -2.37. The maximum atomic E-state index is 6.43. The van der Waals surface area contributed by atoms with Gasteiger partial charge in [0, 0.05) is 13.2 Å². The van der Waals surface area contributed by atoms with E-state index >= 15 is 0 Å². The van der Waals surface area contributed by atoms with Crippen LogP contribution in [0.1, 0.15) is 79.1 Å². The van der Waals surface area contributed by atoms with Gasteiger partial charge in [0.25, 0.3) is 0 Å². The van der Waals surface area contributed by atoms with Gasteiger partial charge < -0.3 is 14.2 Å². The summed E-state index contributed by atoms with van der Waals surface area (Å²) in [6.07, 6.45) is 10.2. The third-order valence-electron chi connectivity index (χ3n) is 4.74. The SMILES string of the molecule is CC(C)(CCC1CCCO1)OC(C)(C)CCC1CCCO1. The predicted molar refractivity (Wildman–Crippen MR) is 85.7 cm³/mol. The monoisotopic (exact) mass is 298 g/mol. The Hall–Kier alpha value is -0.120. The highest BCUT2D eigenvalue weighted by Gasteiger charge is 2.31. The Morgan fingerprint density at radius 3 is 1.57 bits per heavy atom. The summed E-state index contributed by atoms with van der Waals surface area (Å²) in [5.41, 5.74) is -0.155. The zero-order valence-electron chi connectivity index (χ0n) is 14.5. The Kier molecular flexibility index (Phi) is 6.10.